The molecular formula is C21H31BN2O2. The standard InChI is InChI=1S/C21H31BN2O2/c1-14-10-15(2)13-24(12-14)17(4)19-11-18(22)7-8-20(19)23-16(3)6-9-21(25)26-5/h7-8,11,14-15,23H,3-4,6,9-10,12-13,22H2,1-2,5H3/t14-,15+. The molecule has 1 aliphatic heterocycles. The second-order valence-corrected chi connectivity index (χ2v) is 7.65. The van der Waals surface area contributed by atoms with E-state index in [0.717, 1.165) is 35.7 Å². The Bertz CT molecular complexity index is 677. The van der Waals surface area contributed by atoms with Gasteiger partial charge in [-0.15, -0.1) is 0 Å². The number of nitrogens with zero attached hydrogens (tertiary/aromatic N) is 1. The number of anilines is 1. The Kier molecular flexibility index (Phi) is 6.95. The van der Waals surface area contributed by atoms with E-state index in [2.05, 4.69) is 63.3 Å². The van der Waals surface area contributed by atoms with Crippen molar-refractivity contribution in [2.75, 3.05) is 25.5 Å². The zero-order valence-electron chi connectivity index (χ0n) is 16.6. The lowest BCUT2D eigenvalue weighted by Crippen LogP contribution is -2.37. The molecule has 1 saturated heterocycles. The average molecular weight is 354 g/mol. The molecule has 140 valence electrons. The van der Waals surface area contributed by atoms with E-state index in [1.54, 1.807) is 0 Å². The molecule has 1 aliphatic rings. The second kappa shape index (κ2) is 8.97. The Balaban J connectivity index is 2.15. The Morgan fingerprint density at radius 2 is 1.92 bits per heavy atom. The van der Waals surface area contributed by atoms with E-state index in [-0.39, 0.29) is 5.97 Å². The van der Waals surface area contributed by atoms with E-state index in [1.807, 2.05) is 0 Å². The smallest absolute Gasteiger partial charge is 0.305 e. The number of carbonyl (C=O) groups excluding carboxylic acids is 1. The molecule has 0 amide bonds. The molecule has 0 saturated carbocycles. The predicted molar refractivity (Wildman–Crippen MR) is 112 cm³/mol. The Hall–Kier alpha value is -2.17. The van der Waals surface area contributed by atoms with Crippen LogP contribution in [-0.2, 0) is 9.53 Å². The minimum atomic E-state index is -0.224. The summed E-state index contributed by atoms with van der Waals surface area (Å²) in [5.74, 6) is 1.12. The van der Waals surface area contributed by atoms with Gasteiger partial charge in [-0.2, -0.15) is 0 Å². The molecule has 0 aromatic heterocycles. The van der Waals surface area contributed by atoms with Crippen LogP contribution in [0.1, 0.15) is 38.7 Å². The minimum Gasteiger partial charge on any atom is -0.469 e. The van der Waals surface area contributed by atoms with Crippen LogP contribution in [0.5, 0.6) is 0 Å². The number of allylic oxidation sites excluding steroid dienone is 1. The van der Waals surface area contributed by atoms with Crippen molar-refractivity contribution in [2.45, 2.75) is 33.1 Å². The molecule has 1 fully saturated rings. The zero-order chi connectivity index (χ0) is 19.3. The number of rotatable bonds is 7. The summed E-state index contributed by atoms with van der Waals surface area (Å²) in [5.41, 5.74) is 5.14. The summed E-state index contributed by atoms with van der Waals surface area (Å²) in [6, 6.07) is 6.31. The van der Waals surface area contributed by atoms with Crippen molar-refractivity contribution in [3.05, 3.63) is 42.6 Å². The highest BCUT2D eigenvalue weighted by Crippen LogP contribution is 2.31. The number of piperidine rings is 1. The van der Waals surface area contributed by atoms with Crippen LogP contribution < -0.4 is 10.8 Å². The summed E-state index contributed by atoms with van der Waals surface area (Å²) < 4.78 is 4.70. The normalized spacial score (nSPS) is 19.7. The van der Waals surface area contributed by atoms with Gasteiger partial charge in [-0.3, -0.25) is 4.79 Å². The van der Waals surface area contributed by atoms with Crippen molar-refractivity contribution in [3.63, 3.8) is 0 Å². The molecule has 0 bridgehead atoms. The number of hydrogen-bond acceptors (Lipinski definition) is 4. The first kappa shape index (κ1) is 20.2. The van der Waals surface area contributed by atoms with Gasteiger partial charge in [-0.1, -0.05) is 44.6 Å². The number of benzene rings is 1. The van der Waals surface area contributed by atoms with E-state index in [4.69, 9.17) is 4.74 Å². The summed E-state index contributed by atoms with van der Waals surface area (Å²) in [5, 5.41) is 3.37. The average Bonchev–Trinajstić information content (AvgIpc) is 2.59. The van der Waals surface area contributed by atoms with Crippen LogP contribution in [-0.4, -0.2) is 38.9 Å². The van der Waals surface area contributed by atoms with Crippen molar-refractivity contribution in [3.8, 4) is 0 Å². The van der Waals surface area contributed by atoms with Crippen LogP contribution in [0.25, 0.3) is 5.70 Å². The molecule has 1 heterocycles. The maximum absolute atomic E-state index is 11.3. The molecule has 0 unspecified atom stereocenters. The highest BCUT2D eigenvalue weighted by molar-refractivity contribution is 6.32. The first-order valence-corrected chi connectivity index (χ1v) is 9.36. The van der Waals surface area contributed by atoms with Gasteiger partial charge in [0, 0.05) is 35.7 Å². The molecule has 2 rings (SSSR count). The van der Waals surface area contributed by atoms with E-state index in [9.17, 15) is 4.79 Å². The maximum Gasteiger partial charge on any atom is 0.305 e. The molecule has 0 radical (unpaired) electrons. The zero-order valence-corrected chi connectivity index (χ0v) is 16.6. The van der Waals surface area contributed by atoms with Gasteiger partial charge < -0.3 is 15.0 Å². The van der Waals surface area contributed by atoms with E-state index in [0.29, 0.717) is 24.7 Å². The summed E-state index contributed by atoms with van der Waals surface area (Å²) >= 11 is 0. The van der Waals surface area contributed by atoms with Gasteiger partial charge in [0.05, 0.1) is 13.5 Å². The van der Waals surface area contributed by atoms with Gasteiger partial charge in [0.25, 0.3) is 0 Å². The molecule has 1 N–H and O–H groups in total. The van der Waals surface area contributed by atoms with Gasteiger partial charge in [0.15, 0.2) is 0 Å². The van der Waals surface area contributed by atoms with Crippen LogP contribution in [0.3, 0.4) is 0 Å². The molecule has 0 spiro atoms. The van der Waals surface area contributed by atoms with E-state index >= 15 is 0 Å². The number of esters is 1. The van der Waals surface area contributed by atoms with Crippen LogP contribution in [0, 0.1) is 11.8 Å². The third-order valence-electron chi connectivity index (χ3n) is 4.91. The predicted octanol–water partition coefficient (Wildman–Crippen LogP) is 2.77. The van der Waals surface area contributed by atoms with Crippen molar-refractivity contribution >= 4 is 30.7 Å². The number of hydrogen-bond donors (Lipinski definition) is 1. The SMILES string of the molecule is Bc1ccc(NC(=C)CCC(=O)OC)c(C(=C)N2C[C@H](C)C[C@H](C)C2)c1. The molecule has 4 nitrogen and oxygen atoms in total. The number of ether oxygens (including phenoxy) is 1. The Morgan fingerprint density at radius 3 is 2.54 bits per heavy atom. The summed E-state index contributed by atoms with van der Waals surface area (Å²) in [7, 11) is 3.50. The number of likely N-dealkylation sites (tertiary alicyclic amines) is 1. The van der Waals surface area contributed by atoms with Crippen LogP contribution in [0.4, 0.5) is 5.69 Å². The van der Waals surface area contributed by atoms with Crippen molar-refractivity contribution in [1.29, 1.82) is 0 Å². The van der Waals surface area contributed by atoms with Gasteiger partial charge in [0.2, 0.25) is 0 Å². The quantitative estimate of drug-likeness (QED) is 0.604. The monoisotopic (exact) mass is 354 g/mol. The second-order valence-electron chi connectivity index (χ2n) is 7.65. The van der Waals surface area contributed by atoms with Crippen molar-refractivity contribution in [1.82, 2.24) is 4.90 Å². The highest BCUT2D eigenvalue weighted by Gasteiger charge is 2.24. The summed E-state index contributed by atoms with van der Waals surface area (Å²) in [6.45, 7) is 15.1. The third-order valence-corrected chi connectivity index (χ3v) is 4.91. The molecule has 2 atom stereocenters. The van der Waals surface area contributed by atoms with Crippen molar-refractivity contribution < 1.29 is 9.53 Å². The lowest BCUT2D eigenvalue weighted by Gasteiger charge is -2.38. The first-order chi connectivity index (χ1) is 12.3. The van der Waals surface area contributed by atoms with Crippen LogP contribution >= 0.6 is 0 Å². The topological polar surface area (TPSA) is 41.6 Å². The molecule has 0 aliphatic carbocycles. The largest absolute Gasteiger partial charge is 0.469 e. The maximum atomic E-state index is 11.3. The fourth-order valence-electron chi connectivity index (χ4n) is 3.67. The molecule has 5 heteroatoms. The van der Waals surface area contributed by atoms with E-state index in [1.165, 1.54) is 19.0 Å². The Labute approximate surface area is 158 Å². The number of carbonyl (C=O) groups is 1. The summed E-state index contributed by atoms with van der Waals surface area (Å²) in [4.78, 5) is 13.7. The minimum absolute atomic E-state index is 0.224. The fraction of sp³-hybridized carbons (Fsp3) is 0.476. The number of methoxy groups -OCH3 is 1. The van der Waals surface area contributed by atoms with Gasteiger partial charge in [-0.05, 0) is 30.7 Å². The van der Waals surface area contributed by atoms with Gasteiger partial charge in [0.1, 0.15) is 7.85 Å². The lowest BCUT2D eigenvalue weighted by molar-refractivity contribution is -0.140. The highest BCUT2D eigenvalue weighted by atomic mass is 16.5. The first-order valence-electron chi connectivity index (χ1n) is 9.36. The van der Waals surface area contributed by atoms with Crippen LogP contribution in [0.15, 0.2) is 37.1 Å². The Morgan fingerprint density at radius 1 is 1.27 bits per heavy atom. The molecular weight excluding hydrogens is 323 g/mol. The third kappa shape index (κ3) is 5.42. The lowest BCUT2D eigenvalue weighted by atomic mass is 9.89. The van der Waals surface area contributed by atoms with Crippen molar-refractivity contribution in [2.24, 2.45) is 11.8 Å². The van der Waals surface area contributed by atoms with E-state index < -0.39 is 0 Å². The fourth-order valence-corrected chi connectivity index (χ4v) is 3.67. The molecule has 1 aromatic rings. The van der Waals surface area contributed by atoms with Crippen LogP contribution in [0.2, 0.25) is 0 Å². The van der Waals surface area contributed by atoms with Gasteiger partial charge in [-0.25, -0.2) is 0 Å². The number of nitrogens with one attached hydrogen (secondary N) is 1. The van der Waals surface area contributed by atoms with Gasteiger partial charge >= 0.3 is 5.97 Å². The molecule has 1 aromatic carbocycles. The summed E-state index contributed by atoms with van der Waals surface area (Å²) in [6.07, 6.45) is 2.14. The molecule has 26 heavy (non-hydrogen) atoms.